The van der Waals surface area contributed by atoms with Crippen LogP contribution < -0.4 is 9.57 Å². The number of aryl methyl sites for hydroxylation is 1. The van der Waals surface area contributed by atoms with Crippen LogP contribution in [-0.2, 0) is 10.0 Å². The Hall–Kier alpha value is -2.34. The normalized spacial score (nSPS) is 11.5. The summed E-state index contributed by atoms with van der Waals surface area (Å²) in [5, 5.41) is 3.77. The summed E-state index contributed by atoms with van der Waals surface area (Å²) in [6.07, 6.45) is 1.42. The highest BCUT2D eigenvalue weighted by Gasteiger charge is 2.11. The molecule has 0 aliphatic heterocycles. The van der Waals surface area contributed by atoms with Crippen molar-refractivity contribution in [3.05, 3.63) is 59.7 Å². The summed E-state index contributed by atoms with van der Waals surface area (Å²) in [6, 6.07) is 13.7. The van der Waals surface area contributed by atoms with Gasteiger partial charge in [-0.2, -0.15) is 13.5 Å². The van der Waals surface area contributed by atoms with Crippen LogP contribution in [0.5, 0.6) is 5.75 Å². The van der Waals surface area contributed by atoms with E-state index in [1.165, 1.54) is 6.21 Å². The van der Waals surface area contributed by atoms with Crippen molar-refractivity contribution in [3.8, 4) is 5.75 Å². The topological polar surface area (TPSA) is 67.8 Å². The Kier molecular flexibility index (Phi) is 4.59. The number of hydrogen-bond acceptors (Lipinski definition) is 4. The number of nitrogens with zero attached hydrogens (tertiary/aromatic N) is 1. The minimum Gasteiger partial charge on any atom is -0.497 e. The molecule has 110 valence electrons. The van der Waals surface area contributed by atoms with E-state index in [1.807, 2.05) is 6.92 Å². The van der Waals surface area contributed by atoms with Crippen molar-refractivity contribution in [2.75, 3.05) is 7.11 Å². The third kappa shape index (κ3) is 4.06. The van der Waals surface area contributed by atoms with Gasteiger partial charge in [-0.25, -0.2) is 4.83 Å². The highest BCUT2D eigenvalue weighted by atomic mass is 32.2. The lowest BCUT2D eigenvalue weighted by molar-refractivity contribution is 0.415. The lowest BCUT2D eigenvalue weighted by atomic mass is 10.2. The zero-order valence-corrected chi connectivity index (χ0v) is 12.6. The quantitative estimate of drug-likeness (QED) is 0.681. The van der Waals surface area contributed by atoms with Crippen molar-refractivity contribution in [1.82, 2.24) is 4.83 Å². The predicted octanol–water partition coefficient (Wildman–Crippen LogP) is 2.32. The Labute approximate surface area is 124 Å². The number of ether oxygens (including phenoxy) is 1. The van der Waals surface area contributed by atoms with Gasteiger partial charge in [-0.05, 0) is 36.8 Å². The smallest absolute Gasteiger partial charge is 0.276 e. The van der Waals surface area contributed by atoms with E-state index in [0.717, 1.165) is 11.1 Å². The Balaban J connectivity index is 2.10. The molecule has 0 atom stereocenters. The van der Waals surface area contributed by atoms with Crippen LogP contribution in [0.1, 0.15) is 11.1 Å². The van der Waals surface area contributed by atoms with Gasteiger partial charge in [-0.1, -0.05) is 29.8 Å². The molecule has 2 aromatic rings. The number of rotatable bonds is 5. The van der Waals surface area contributed by atoms with Gasteiger partial charge in [0.1, 0.15) is 5.75 Å². The van der Waals surface area contributed by atoms with E-state index in [-0.39, 0.29) is 4.90 Å². The third-order valence-corrected chi connectivity index (χ3v) is 4.05. The molecule has 5 nitrogen and oxygen atoms in total. The van der Waals surface area contributed by atoms with Crippen LogP contribution in [0.25, 0.3) is 0 Å². The second-order valence-corrected chi connectivity index (χ2v) is 6.10. The Morgan fingerprint density at radius 1 is 1.14 bits per heavy atom. The van der Waals surface area contributed by atoms with Crippen LogP contribution in [0.15, 0.2) is 58.5 Å². The van der Waals surface area contributed by atoms with Crippen LogP contribution in [0.3, 0.4) is 0 Å². The van der Waals surface area contributed by atoms with Crippen LogP contribution in [0.2, 0.25) is 0 Å². The van der Waals surface area contributed by atoms with Crippen LogP contribution >= 0.6 is 0 Å². The third-order valence-electron chi connectivity index (χ3n) is 2.81. The SMILES string of the molecule is COc1cccc(/C=N/NS(=O)(=O)c2ccc(C)cc2)c1. The fourth-order valence-corrected chi connectivity index (χ4v) is 2.45. The minimum atomic E-state index is -3.64. The van der Waals surface area contributed by atoms with Gasteiger partial charge >= 0.3 is 0 Å². The summed E-state index contributed by atoms with van der Waals surface area (Å²) < 4.78 is 29.1. The predicted molar refractivity (Wildman–Crippen MR) is 82.1 cm³/mol. The maximum absolute atomic E-state index is 12.0. The molecule has 21 heavy (non-hydrogen) atoms. The van der Waals surface area contributed by atoms with Gasteiger partial charge in [-0.3, -0.25) is 0 Å². The first-order valence-corrected chi connectivity index (χ1v) is 7.75. The molecule has 0 heterocycles. The number of hydrazone groups is 1. The Morgan fingerprint density at radius 2 is 1.86 bits per heavy atom. The van der Waals surface area contributed by atoms with Crippen molar-refractivity contribution in [2.24, 2.45) is 5.10 Å². The molecule has 2 rings (SSSR count). The summed E-state index contributed by atoms with van der Waals surface area (Å²) >= 11 is 0. The molecule has 0 unspecified atom stereocenters. The first-order chi connectivity index (χ1) is 10.0. The summed E-state index contributed by atoms with van der Waals surface area (Å²) in [5.41, 5.74) is 1.73. The largest absolute Gasteiger partial charge is 0.497 e. The molecule has 6 heteroatoms. The molecule has 1 N–H and O–H groups in total. The van der Waals surface area contributed by atoms with Gasteiger partial charge in [0.25, 0.3) is 10.0 Å². The summed E-state index contributed by atoms with van der Waals surface area (Å²) in [5.74, 6) is 0.681. The maximum Gasteiger partial charge on any atom is 0.276 e. The summed E-state index contributed by atoms with van der Waals surface area (Å²) in [6.45, 7) is 1.89. The number of sulfonamides is 1. The van der Waals surface area contributed by atoms with Crippen molar-refractivity contribution in [3.63, 3.8) is 0 Å². The number of methoxy groups -OCH3 is 1. The molecule has 0 amide bonds. The Morgan fingerprint density at radius 3 is 2.52 bits per heavy atom. The van der Waals surface area contributed by atoms with Gasteiger partial charge in [0.15, 0.2) is 0 Å². The first kappa shape index (κ1) is 15.1. The summed E-state index contributed by atoms with van der Waals surface area (Å²) in [7, 11) is -2.08. The minimum absolute atomic E-state index is 0.177. The highest BCUT2D eigenvalue weighted by Crippen LogP contribution is 2.11. The Bertz CT molecular complexity index is 738. The van der Waals surface area contributed by atoms with Crippen LogP contribution in [-0.4, -0.2) is 21.7 Å². The van der Waals surface area contributed by atoms with Gasteiger partial charge in [-0.15, -0.1) is 0 Å². The van der Waals surface area contributed by atoms with E-state index in [2.05, 4.69) is 9.93 Å². The second kappa shape index (κ2) is 6.41. The molecule has 0 aliphatic rings. The molecule has 0 aliphatic carbocycles. The lowest BCUT2D eigenvalue weighted by Crippen LogP contribution is -2.18. The van der Waals surface area contributed by atoms with Gasteiger partial charge in [0, 0.05) is 0 Å². The lowest BCUT2D eigenvalue weighted by Gasteiger charge is -2.04. The molecule has 0 aromatic heterocycles. The molecule has 0 radical (unpaired) electrons. The van der Waals surface area contributed by atoms with Crippen molar-refractivity contribution in [1.29, 1.82) is 0 Å². The van der Waals surface area contributed by atoms with Gasteiger partial charge in [0.05, 0.1) is 18.2 Å². The van der Waals surface area contributed by atoms with Crippen LogP contribution in [0.4, 0.5) is 0 Å². The van der Waals surface area contributed by atoms with Crippen molar-refractivity contribution in [2.45, 2.75) is 11.8 Å². The molecule has 0 fully saturated rings. The maximum atomic E-state index is 12.0. The van der Waals surface area contributed by atoms with Gasteiger partial charge in [0.2, 0.25) is 0 Å². The molecule has 0 saturated carbocycles. The fraction of sp³-hybridized carbons (Fsp3) is 0.133. The van der Waals surface area contributed by atoms with E-state index in [0.29, 0.717) is 5.75 Å². The van der Waals surface area contributed by atoms with E-state index >= 15 is 0 Å². The average Bonchev–Trinajstić information content (AvgIpc) is 2.48. The second-order valence-electron chi connectivity index (χ2n) is 4.44. The number of nitrogens with one attached hydrogen (secondary N) is 1. The van der Waals surface area contributed by atoms with Crippen LogP contribution in [0, 0.1) is 6.92 Å². The molecule has 2 aromatic carbocycles. The van der Waals surface area contributed by atoms with E-state index in [1.54, 1.807) is 55.6 Å². The standard InChI is InChI=1S/C15H16N2O3S/c1-12-6-8-15(9-7-12)21(18,19)17-16-11-13-4-3-5-14(10-13)20-2/h3-11,17H,1-2H3/b16-11+. The van der Waals surface area contributed by atoms with Crippen molar-refractivity contribution >= 4 is 16.2 Å². The van der Waals surface area contributed by atoms with E-state index < -0.39 is 10.0 Å². The van der Waals surface area contributed by atoms with Crippen molar-refractivity contribution < 1.29 is 13.2 Å². The molecular formula is C15H16N2O3S. The first-order valence-electron chi connectivity index (χ1n) is 6.27. The molecule has 0 spiro atoms. The zero-order valence-electron chi connectivity index (χ0n) is 11.8. The molecule has 0 saturated heterocycles. The molecular weight excluding hydrogens is 288 g/mol. The number of hydrogen-bond donors (Lipinski definition) is 1. The van der Waals surface area contributed by atoms with E-state index in [4.69, 9.17) is 4.74 Å². The average molecular weight is 304 g/mol. The zero-order chi connectivity index (χ0) is 15.3. The summed E-state index contributed by atoms with van der Waals surface area (Å²) in [4.78, 5) is 2.36. The molecule has 0 bridgehead atoms. The van der Waals surface area contributed by atoms with Gasteiger partial charge < -0.3 is 4.74 Å². The number of benzene rings is 2. The monoisotopic (exact) mass is 304 g/mol. The van der Waals surface area contributed by atoms with E-state index in [9.17, 15) is 8.42 Å². The highest BCUT2D eigenvalue weighted by molar-refractivity contribution is 7.89. The fourth-order valence-electron chi connectivity index (χ4n) is 1.66.